The van der Waals surface area contributed by atoms with E-state index in [0.717, 1.165) is 36.3 Å². The van der Waals surface area contributed by atoms with Crippen LogP contribution in [-0.2, 0) is 6.42 Å². The van der Waals surface area contributed by atoms with Gasteiger partial charge in [-0.25, -0.2) is 9.97 Å². The summed E-state index contributed by atoms with van der Waals surface area (Å²) in [6, 6.07) is 1.97. The number of nitrogens with zero attached hydrogens (tertiary/aromatic N) is 2. The molecule has 0 aliphatic heterocycles. The van der Waals surface area contributed by atoms with E-state index < -0.39 is 0 Å². The van der Waals surface area contributed by atoms with Gasteiger partial charge in [0.2, 0.25) is 0 Å². The van der Waals surface area contributed by atoms with Crippen LogP contribution < -0.4 is 10.6 Å². The van der Waals surface area contributed by atoms with E-state index in [1.54, 1.807) is 0 Å². The number of hydrogen-bond acceptors (Lipinski definition) is 4. The van der Waals surface area contributed by atoms with Gasteiger partial charge in [0.1, 0.15) is 17.5 Å². The van der Waals surface area contributed by atoms with Gasteiger partial charge in [0.25, 0.3) is 0 Å². The number of anilines is 2. The molecular formula is C13H22N4. The Bertz CT molecular complexity index is 378. The van der Waals surface area contributed by atoms with Crippen LogP contribution in [0.1, 0.15) is 33.0 Å². The number of nitrogens with one attached hydrogen (secondary N) is 2. The van der Waals surface area contributed by atoms with Crippen molar-refractivity contribution in [1.82, 2.24) is 9.97 Å². The highest BCUT2D eigenvalue weighted by Gasteiger charge is 2.44. The third-order valence-corrected chi connectivity index (χ3v) is 3.59. The molecule has 0 aromatic carbocycles. The third-order valence-electron chi connectivity index (χ3n) is 3.59. The largest absolute Gasteiger partial charge is 0.373 e. The Balaban J connectivity index is 2.00. The number of aromatic nitrogens is 2. The summed E-state index contributed by atoms with van der Waals surface area (Å²) in [6.45, 7) is 7.71. The van der Waals surface area contributed by atoms with Crippen molar-refractivity contribution in [3.63, 3.8) is 0 Å². The molecule has 0 amide bonds. The lowest BCUT2D eigenvalue weighted by molar-refractivity contribution is 0.572. The molecule has 0 bridgehead atoms. The average molecular weight is 234 g/mol. The molecule has 17 heavy (non-hydrogen) atoms. The van der Waals surface area contributed by atoms with E-state index in [1.165, 1.54) is 6.42 Å². The zero-order valence-corrected chi connectivity index (χ0v) is 11.2. The molecule has 0 radical (unpaired) electrons. The van der Waals surface area contributed by atoms with Crippen LogP contribution in [0.2, 0.25) is 0 Å². The van der Waals surface area contributed by atoms with Crippen molar-refractivity contribution < 1.29 is 0 Å². The smallest absolute Gasteiger partial charge is 0.132 e. The van der Waals surface area contributed by atoms with E-state index in [9.17, 15) is 0 Å². The molecule has 0 saturated heterocycles. The van der Waals surface area contributed by atoms with Crippen LogP contribution in [0.3, 0.4) is 0 Å². The molecule has 1 fully saturated rings. The zero-order chi connectivity index (χ0) is 12.5. The second-order valence-corrected chi connectivity index (χ2v) is 5.43. The van der Waals surface area contributed by atoms with Gasteiger partial charge in [-0.15, -0.1) is 0 Å². The fourth-order valence-electron chi connectivity index (χ4n) is 2.03. The van der Waals surface area contributed by atoms with Crippen molar-refractivity contribution in [3.8, 4) is 0 Å². The van der Waals surface area contributed by atoms with Gasteiger partial charge in [-0.3, -0.25) is 0 Å². The molecule has 0 spiro atoms. The maximum atomic E-state index is 4.49. The summed E-state index contributed by atoms with van der Waals surface area (Å²) in [6.07, 6.45) is 2.17. The van der Waals surface area contributed by atoms with Crippen LogP contribution in [0, 0.1) is 11.3 Å². The highest BCUT2D eigenvalue weighted by molar-refractivity contribution is 5.47. The standard InChI is InChI=1S/C13H22N4/c1-5-10-16-11(14-4)6-12(17-10)15-8-9-7-13(9,2)3/h6,9H,5,7-8H2,1-4H3,(H2,14,15,16,17). The summed E-state index contributed by atoms with van der Waals surface area (Å²) in [7, 11) is 1.88. The molecule has 1 atom stereocenters. The van der Waals surface area contributed by atoms with Gasteiger partial charge in [-0.1, -0.05) is 20.8 Å². The van der Waals surface area contributed by atoms with Crippen molar-refractivity contribution >= 4 is 11.6 Å². The van der Waals surface area contributed by atoms with Gasteiger partial charge in [-0.2, -0.15) is 0 Å². The Morgan fingerprint density at radius 3 is 2.53 bits per heavy atom. The highest BCUT2D eigenvalue weighted by Crippen LogP contribution is 2.51. The molecule has 1 unspecified atom stereocenters. The Morgan fingerprint density at radius 2 is 2.00 bits per heavy atom. The maximum absolute atomic E-state index is 4.49. The molecule has 1 aromatic rings. The lowest BCUT2D eigenvalue weighted by Gasteiger charge is -2.09. The monoisotopic (exact) mass is 234 g/mol. The predicted molar refractivity (Wildman–Crippen MR) is 71.3 cm³/mol. The molecular weight excluding hydrogens is 212 g/mol. The summed E-state index contributed by atoms with van der Waals surface area (Å²) in [5.74, 6) is 3.48. The van der Waals surface area contributed by atoms with E-state index in [2.05, 4.69) is 41.4 Å². The highest BCUT2D eigenvalue weighted by atomic mass is 15.1. The number of rotatable bonds is 5. The third kappa shape index (κ3) is 2.87. The average Bonchev–Trinajstić information content (AvgIpc) is 2.94. The Labute approximate surface area is 103 Å². The van der Waals surface area contributed by atoms with E-state index in [4.69, 9.17) is 0 Å². The molecule has 1 aliphatic carbocycles. The van der Waals surface area contributed by atoms with Crippen LogP contribution in [0.5, 0.6) is 0 Å². The van der Waals surface area contributed by atoms with E-state index in [-0.39, 0.29) is 0 Å². The fourth-order valence-corrected chi connectivity index (χ4v) is 2.03. The lowest BCUT2D eigenvalue weighted by Crippen LogP contribution is -2.10. The first-order valence-electron chi connectivity index (χ1n) is 6.34. The molecule has 2 rings (SSSR count). The van der Waals surface area contributed by atoms with Crippen LogP contribution in [0.25, 0.3) is 0 Å². The number of hydrogen-bond donors (Lipinski definition) is 2. The Kier molecular flexibility index (Phi) is 3.22. The lowest BCUT2D eigenvalue weighted by atomic mass is 10.1. The Hall–Kier alpha value is -1.32. The van der Waals surface area contributed by atoms with Gasteiger partial charge in [0, 0.05) is 26.1 Å². The molecule has 2 N–H and O–H groups in total. The summed E-state index contributed by atoms with van der Waals surface area (Å²) < 4.78 is 0. The quantitative estimate of drug-likeness (QED) is 0.822. The predicted octanol–water partition coefficient (Wildman–Crippen LogP) is 2.54. The number of aryl methyl sites for hydroxylation is 1. The van der Waals surface area contributed by atoms with Crippen LogP contribution in [0.4, 0.5) is 11.6 Å². The summed E-state index contributed by atoms with van der Waals surface area (Å²) in [5.41, 5.74) is 0.513. The summed E-state index contributed by atoms with van der Waals surface area (Å²) in [5, 5.41) is 6.49. The van der Waals surface area contributed by atoms with Crippen LogP contribution >= 0.6 is 0 Å². The minimum atomic E-state index is 0.513. The van der Waals surface area contributed by atoms with Crippen molar-refractivity contribution in [2.24, 2.45) is 11.3 Å². The topological polar surface area (TPSA) is 49.8 Å². The summed E-state index contributed by atoms with van der Waals surface area (Å²) >= 11 is 0. The van der Waals surface area contributed by atoms with Crippen molar-refractivity contribution in [1.29, 1.82) is 0 Å². The first kappa shape index (κ1) is 12.1. The van der Waals surface area contributed by atoms with Crippen LogP contribution in [-0.4, -0.2) is 23.6 Å². The zero-order valence-electron chi connectivity index (χ0n) is 11.2. The van der Waals surface area contributed by atoms with E-state index in [1.807, 2.05) is 13.1 Å². The molecule has 1 heterocycles. The molecule has 1 aromatic heterocycles. The van der Waals surface area contributed by atoms with Gasteiger partial charge in [0.15, 0.2) is 0 Å². The van der Waals surface area contributed by atoms with Crippen LogP contribution in [0.15, 0.2) is 6.07 Å². The van der Waals surface area contributed by atoms with Gasteiger partial charge >= 0.3 is 0 Å². The minimum Gasteiger partial charge on any atom is -0.373 e. The SMILES string of the molecule is CCc1nc(NC)cc(NCC2CC2(C)C)n1. The van der Waals surface area contributed by atoms with Gasteiger partial charge < -0.3 is 10.6 Å². The second-order valence-electron chi connectivity index (χ2n) is 5.43. The molecule has 1 saturated carbocycles. The molecule has 4 nitrogen and oxygen atoms in total. The first-order chi connectivity index (χ1) is 8.05. The second kappa shape index (κ2) is 4.51. The van der Waals surface area contributed by atoms with Crippen molar-refractivity contribution in [3.05, 3.63) is 11.9 Å². The van der Waals surface area contributed by atoms with E-state index in [0.29, 0.717) is 5.41 Å². The maximum Gasteiger partial charge on any atom is 0.132 e. The van der Waals surface area contributed by atoms with Crippen molar-refractivity contribution in [2.45, 2.75) is 33.6 Å². The minimum absolute atomic E-state index is 0.513. The van der Waals surface area contributed by atoms with Crippen molar-refractivity contribution in [2.75, 3.05) is 24.2 Å². The van der Waals surface area contributed by atoms with Gasteiger partial charge in [-0.05, 0) is 17.8 Å². The molecule has 1 aliphatic rings. The summed E-state index contributed by atoms with van der Waals surface area (Å²) in [4.78, 5) is 8.86. The normalized spacial score (nSPS) is 21.1. The first-order valence-corrected chi connectivity index (χ1v) is 6.34. The molecule has 94 valence electrons. The van der Waals surface area contributed by atoms with Gasteiger partial charge in [0.05, 0.1) is 0 Å². The Morgan fingerprint density at radius 1 is 1.35 bits per heavy atom. The molecule has 4 heteroatoms. The van der Waals surface area contributed by atoms with E-state index >= 15 is 0 Å². The fraction of sp³-hybridized carbons (Fsp3) is 0.692.